The van der Waals surface area contributed by atoms with Crippen LogP contribution in [0.15, 0.2) is 58.4 Å². The second-order valence-corrected chi connectivity index (χ2v) is 9.96. The highest BCUT2D eigenvalue weighted by Crippen LogP contribution is 2.45. The van der Waals surface area contributed by atoms with E-state index in [0.717, 1.165) is 9.87 Å². The molecule has 0 amide bonds. The zero-order chi connectivity index (χ0) is 23.5. The van der Waals surface area contributed by atoms with E-state index in [0.29, 0.717) is 12.0 Å². The van der Waals surface area contributed by atoms with Gasteiger partial charge in [0.25, 0.3) is 0 Å². The Morgan fingerprint density at radius 3 is 2.53 bits per heavy atom. The second kappa shape index (κ2) is 9.16. The number of aliphatic hydroxyl groups is 1. The van der Waals surface area contributed by atoms with Crippen molar-refractivity contribution in [3.8, 4) is 11.8 Å². The first-order valence-electron chi connectivity index (χ1n) is 10.1. The Kier molecular flexibility index (Phi) is 6.74. The number of sulfonamides is 1. The fourth-order valence-corrected chi connectivity index (χ4v) is 5.13. The van der Waals surface area contributed by atoms with Gasteiger partial charge in [0.1, 0.15) is 34.9 Å². The molecular weight excluding hydrogens is 430 g/mol. The van der Waals surface area contributed by atoms with Crippen LogP contribution in [-0.2, 0) is 16.4 Å². The van der Waals surface area contributed by atoms with Crippen LogP contribution in [0.3, 0.4) is 0 Å². The summed E-state index contributed by atoms with van der Waals surface area (Å²) in [5.41, 5.74) is 11.2. The van der Waals surface area contributed by atoms with Crippen molar-refractivity contribution in [3.05, 3.63) is 59.7 Å². The van der Waals surface area contributed by atoms with Crippen LogP contribution in [0.5, 0.6) is 5.75 Å². The van der Waals surface area contributed by atoms with Crippen LogP contribution >= 0.6 is 0 Å². The van der Waals surface area contributed by atoms with Crippen LogP contribution in [0.25, 0.3) is 0 Å². The van der Waals surface area contributed by atoms with Gasteiger partial charge < -0.3 is 21.3 Å². The van der Waals surface area contributed by atoms with Crippen molar-refractivity contribution in [1.82, 2.24) is 4.31 Å². The lowest BCUT2D eigenvalue weighted by Crippen LogP contribution is -2.49. The van der Waals surface area contributed by atoms with E-state index in [4.69, 9.17) is 16.2 Å². The minimum absolute atomic E-state index is 0.0699. The van der Waals surface area contributed by atoms with E-state index in [9.17, 15) is 18.8 Å². The second-order valence-electron chi connectivity index (χ2n) is 8.06. The SMILES string of the molecule is CC1(C)Oc2c(cccc2S(=O)(=O)N(CC#N)CCc2ccccc2)C(N=C(N)N)C1O. The van der Waals surface area contributed by atoms with Gasteiger partial charge in [-0.15, -0.1) is 0 Å². The summed E-state index contributed by atoms with van der Waals surface area (Å²) >= 11 is 0. The van der Waals surface area contributed by atoms with Crippen LogP contribution in [0.4, 0.5) is 0 Å². The van der Waals surface area contributed by atoms with Crippen molar-refractivity contribution < 1.29 is 18.3 Å². The Morgan fingerprint density at radius 2 is 1.91 bits per heavy atom. The number of hydrogen-bond acceptors (Lipinski definition) is 6. The topological polar surface area (TPSA) is 155 Å². The number of aliphatic imine (C=N–C) groups is 1. The number of nitriles is 1. The molecule has 0 saturated heterocycles. The van der Waals surface area contributed by atoms with Crippen molar-refractivity contribution in [2.45, 2.75) is 42.9 Å². The van der Waals surface area contributed by atoms with Gasteiger partial charge in [-0.1, -0.05) is 42.5 Å². The van der Waals surface area contributed by atoms with Gasteiger partial charge in [-0.2, -0.15) is 9.57 Å². The van der Waals surface area contributed by atoms with E-state index in [1.807, 2.05) is 36.4 Å². The highest BCUT2D eigenvalue weighted by Gasteiger charge is 2.45. The van der Waals surface area contributed by atoms with Crippen LogP contribution < -0.4 is 16.2 Å². The van der Waals surface area contributed by atoms with Crippen LogP contribution in [0, 0.1) is 11.3 Å². The molecule has 0 fully saturated rings. The smallest absolute Gasteiger partial charge is 0.247 e. The first-order chi connectivity index (χ1) is 15.1. The Balaban J connectivity index is 2.05. The van der Waals surface area contributed by atoms with Crippen LogP contribution in [0.1, 0.15) is 31.0 Å². The first-order valence-corrected chi connectivity index (χ1v) is 11.5. The zero-order valence-electron chi connectivity index (χ0n) is 18.0. The van der Waals surface area contributed by atoms with Gasteiger partial charge in [0, 0.05) is 12.1 Å². The van der Waals surface area contributed by atoms with Crippen LogP contribution in [-0.4, -0.2) is 48.6 Å². The van der Waals surface area contributed by atoms with Gasteiger partial charge in [0.05, 0.1) is 6.07 Å². The molecule has 0 bridgehead atoms. The van der Waals surface area contributed by atoms with E-state index >= 15 is 0 Å². The maximum Gasteiger partial charge on any atom is 0.247 e. The summed E-state index contributed by atoms with van der Waals surface area (Å²) in [5.74, 6) is -0.166. The number of guanidine groups is 1. The molecule has 32 heavy (non-hydrogen) atoms. The van der Waals surface area contributed by atoms with Crippen molar-refractivity contribution in [2.75, 3.05) is 13.1 Å². The summed E-state index contributed by atoms with van der Waals surface area (Å²) in [6.45, 7) is 3.05. The van der Waals surface area contributed by atoms with Crippen molar-refractivity contribution in [3.63, 3.8) is 0 Å². The summed E-state index contributed by atoms with van der Waals surface area (Å²) < 4.78 is 34.2. The number of nitrogens with zero attached hydrogens (tertiary/aromatic N) is 3. The molecule has 2 atom stereocenters. The van der Waals surface area contributed by atoms with E-state index in [-0.39, 0.29) is 29.7 Å². The van der Waals surface area contributed by atoms with Gasteiger partial charge >= 0.3 is 0 Å². The van der Waals surface area contributed by atoms with Crippen molar-refractivity contribution in [1.29, 1.82) is 5.26 Å². The van der Waals surface area contributed by atoms with Gasteiger partial charge in [-0.05, 0) is 31.9 Å². The number of nitrogens with two attached hydrogens (primary N) is 2. The van der Waals surface area contributed by atoms with Gasteiger partial charge in [-0.3, -0.25) is 0 Å². The Bertz CT molecular complexity index is 1140. The van der Waals surface area contributed by atoms with Crippen molar-refractivity contribution in [2.24, 2.45) is 16.5 Å². The van der Waals surface area contributed by atoms with Crippen LogP contribution in [0.2, 0.25) is 0 Å². The number of ether oxygens (including phenoxy) is 1. The summed E-state index contributed by atoms with van der Waals surface area (Å²) in [6, 6.07) is 15.0. The molecule has 0 aromatic heterocycles. The summed E-state index contributed by atoms with van der Waals surface area (Å²) in [4.78, 5) is 4.01. The van der Waals surface area contributed by atoms with Crippen molar-refractivity contribution >= 4 is 16.0 Å². The standard InChI is InChI=1S/C22H27N5O4S/c1-22(2)20(28)18(26-21(24)25)16-9-6-10-17(19(16)31-22)32(29,30)27(14-12-23)13-11-15-7-4-3-5-8-15/h3-10,18,20,28H,11,13-14H2,1-2H3,(H4,24,25,26). The quantitative estimate of drug-likeness (QED) is 0.321. The fourth-order valence-electron chi connectivity index (χ4n) is 3.65. The van der Waals surface area contributed by atoms with Gasteiger partial charge in [0.15, 0.2) is 5.96 Å². The summed E-state index contributed by atoms with van der Waals surface area (Å²) in [6.07, 6.45) is -0.665. The molecule has 1 aliphatic heterocycles. The number of hydrogen-bond donors (Lipinski definition) is 3. The number of rotatable bonds is 7. The number of para-hydroxylation sites is 1. The average molecular weight is 458 g/mol. The number of benzene rings is 2. The Labute approximate surface area is 188 Å². The molecule has 0 aliphatic carbocycles. The lowest BCUT2D eigenvalue weighted by molar-refractivity contribution is -0.0586. The molecule has 5 N–H and O–H groups in total. The maximum atomic E-state index is 13.6. The van der Waals surface area contributed by atoms with Gasteiger partial charge in [-0.25, -0.2) is 13.4 Å². The van der Waals surface area contributed by atoms with E-state index in [2.05, 4.69) is 4.99 Å². The number of aliphatic hydroxyl groups excluding tert-OH is 1. The fraction of sp³-hybridized carbons (Fsp3) is 0.364. The highest BCUT2D eigenvalue weighted by atomic mass is 32.2. The Morgan fingerprint density at radius 1 is 1.22 bits per heavy atom. The first kappa shape index (κ1) is 23.5. The molecule has 2 aromatic carbocycles. The molecule has 1 aliphatic rings. The molecule has 3 rings (SSSR count). The predicted molar refractivity (Wildman–Crippen MR) is 120 cm³/mol. The zero-order valence-corrected chi connectivity index (χ0v) is 18.8. The molecule has 0 radical (unpaired) electrons. The lowest BCUT2D eigenvalue weighted by atomic mass is 9.87. The molecule has 1 heterocycles. The number of fused-ring (bicyclic) bond motifs is 1. The Hall–Kier alpha value is -3.13. The minimum Gasteiger partial charge on any atom is -0.483 e. The lowest BCUT2D eigenvalue weighted by Gasteiger charge is -2.41. The minimum atomic E-state index is -4.10. The predicted octanol–water partition coefficient (Wildman–Crippen LogP) is 1.29. The molecule has 170 valence electrons. The molecule has 2 unspecified atom stereocenters. The van der Waals surface area contributed by atoms with E-state index < -0.39 is 27.8 Å². The molecular formula is C22H27N5O4S. The van der Waals surface area contributed by atoms with Gasteiger partial charge in [0.2, 0.25) is 10.0 Å². The molecule has 9 nitrogen and oxygen atoms in total. The molecule has 2 aromatic rings. The van der Waals surface area contributed by atoms with E-state index in [1.54, 1.807) is 19.9 Å². The molecule has 0 spiro atoms. The maximum absolute atomic E-state index is 13.6. The summed E-state index contributed by atoms with van der Waals surface area (Å²) in [7, 11) is -4.10. The normalized spacial score (nSPS) is 19.5. The third-order valence-corrected chi connectivity index (χ3v) is 7.22. The largest absolute Gasteiger partial charge is 0.483 e. The average Bonchev–Trinajstić information content (AvgIpc) is 2.74. The monoisotopic (exact) mass is 457 g/mol. The molecule has 10 heteroatoms. The highest BCUT2D eigenvalue weighted by molar-refractivity contribution is 7.89. The summed E-state index contributed by atoms with van der Waals surface area (Å²) in [5, 5.41) is 20.0. The third kappa shape index (κ3) is 4.70. The van der Waals surface area contributed by atoms with E-state index in [1.165, 1.54) is 12.1 Å². The third-order valence-electron chi connectivity index (χ3n) is 5.35. The molecule has 0 saturated carbocycles.